The van der Waals surface area contributed by atoms with Crippen molar-refractivity contribution in [1.29, 1.82) is 0 Å². The molecule has 4 unspecified atom stereocenters. The molecule has 1 aromatic rings. The summed E-state index contributed by atoms with van der Waals surface area (Å²) in [6, 6.07) is -1.02. The lowest BCUT2D eigenvalue weighted by molar-refractivity contribution is -0.202. The predicted molar refractivity (Wildman–Crippen MR) is 94.7 cm³/mol. The molecule has 2 aliphatic rings. The van der Waals surface area contributed by atoms with Crippen LogP contribution < -0.4 is 5.32 Å². The number of carbonyl (C=O) groups excluding carboxylic acids is 2. The van der Waals surface area contributed by atoms with Gasteiger partial charge in [0.15, 0.2) is 0 Å². The van der Waals surface area contributed by atoms with Crippen LogP contribution in [-0.2, 0) is 21.4 Å². The van der Waals surface area contributed by atoms with Crippen LogP contribution in [0.15, 0.2) is 5.16 Å². The first-order chi connectivity index (χ1) is 12.3. The molecule has 142 valence electrons. The molecule has 0 aromatic carbocycles. The Bertz CT molecular complexity index is 749. The summed E-state index contributed by atoms with van der Waals surface area (Å²) in [5, 5.41) is 23.2. The topological polar surface area (TPSA) is 140 Å². The number of hydrogen-bond donors (Lipinski definition) is 2. The number of thioether (sulfide) groups is 2. The molecule has 4 atom stereocenters. The van der Waals surface area contributed by atoms with E-state index in [2.05, 4.69) is 36.8 Å². The minimum atomic E-state index is -1.55. The van der Waals surface area contributed by atoms with E-state index in [9.17, 15) is 19.5 Å². The number of aliphatic carboxylic acids is 1. The zero-order valence-corrected chi connectivity index (χ0v) is 16.9. The van der Waals surface area contributed by atoms with Gasteiger partial charge in [-0.15, -0.1) is 16.9 Å². The van der Waals surface area contributed by atoms with E-state index in [1.54, 1.807) is 7.05 Å². The van der Waals surface area contributed by atoms with Gasteiger partial charge in [0, 0.05) is 47.5 Å². The molecular weight excluding hydrogens is 452 g/mol. The number of ether oxygens (including phenoxy) is 1. The minimum Gasteiger partial charge on any atom is -0.480 e. The van der Waals surface area contributed by atoms with Crippen LogP contribution in [0, 0.1) is 5.92 Å². The fourth-order valence-electron chi connectivity index (χ4n) is 3.02. The Labute approximate surface area is 164 Å². The Morgan fingerprint density at radius 2 is 2.31 bits per heavy atom. The smallest absolute Gasteiger partial charge is 0.326 e. The summed E-state index contributed by atoms with van der Waals surface area (Å²) in [7, 11) is 3.00. The van der Waals surface area contributed by atoms with Gasteiger partial charge in [-0.25, -0.2) is 9.48 Å². The molecule has 0 saturated carbocycles. The van der Waals surface area contributed by atoms with Crippen molar-refractivity contribution in [2.75, 3.05) is 18.6 Å². The highest BCUT2D eigenvalue weighted by Gasteiger charge is 2.68. The Morgan fingerprint density at radius 3 is 2.85 bits per heavy atom. The molecule has 0 radical (unpaired) electrons. The average Bonchev–Trinajstić information content (AvgIpc) is 3.01. The van der Waals surface area contributed by atoms with E-state index in [0.29, 0.717) is 16.7 Å². The highest BCUT2D eigenvalue weighted by atomic mass is 79.9. The van der Waals surface area contributed by atoms with Crippen LogP contribution in [0.25, 0.3) is 0 Å². The summed E-state index contributed by atoms with van der Waals surface area (Å²) in [4.78, 5) is 36.6. The van der Waals surface area contributed by atoms with E-state index >= 15 is 0 Å². The number of hydrogen-bond acceptors (Lipinski definition) is 9. The molecule has 3 heterocycles. The highest BCUT2D eigenvalue weighted by molar-refractivity contribution is 9.18. The Kier molecular flexibility index (Phi) is 5.46. The van der Waals surface area contributed by atoms with Crippen molar-refractivity contribution in [2.45, 2.75) is 22.3 Å². The number of carboxylic acids is 1. The van der Waals surface area contributed by atoms with E-state index < -0.39 is 33.8 Å². The SMILES string of the molecule is COC1(NC(=O)Br)C(=O)N2C(C(=O)O)C(CSc3nnnn3C)CSC21. The lowest BCUT2D eigenvalue weighted by atomic mass is 9.92. The molecule has 0 aliphatic carbocycles. The standard InChI is InChI=1S/C12H15BrN6O5S2/c1-18-11(15-16-17-18)26-4-5-3-25-9-12(24-2,14-10(13)23)8(22)19(9)6(5)7(20)21/h5-6,9H,3-4H2,1-2H3,(H,14,23)(H,20,21). The van der Waals surface area contributed by atoms with Gasteiger partial charge in [0.25, 0.3) is 16.4 Å². The van der Waals surface area contributed by atoms with E-state index in [1.165, 1.54) is 40.2 Å². The van der Waals surface area contributed by atoms with E-state index in [0.717, 1.165) is 0 Å². The summed E-state index contributed by atoms with van der Waals surface area (Å²) >= 11 is 5.43. The zero-order chi connectivity index (χ0) is 19.1. The number of aryl methyl sites for hydroxylation is 1. The van der Waals surface area contributed by atoms with Crippen molar-refractivity contribution >= 4 is 56.1 Å². The molecule has 0 spiro atoms. The largest absolute Gasteiger partial charge is 0.480 e. The summed E-state index contributed by atoms with van der Waals surface area (Å²) in [6.07, 6.45) is 0. The molecule has 2 fully saturated rings. The molecule has 2 N–H and O–H groups in total. The van der Waals surface area contributed by atoms with Crippen LogP contribution >= 0.6 is 39.5 Å². The summed E-state index contributed by atoms with van der Waals surface area (Å²) < 4.78 is 6.76. The number of fused-ring (bicyclic) bond motifs is 1. The summed E-state index contributed by atoms with van der Waals surface area (Å²) in [5.74, 6) is -1.08. The molecular formula is C12H15BrN6O5S2. The third-order valence-corrected chi connectivity index (χ3v) is 7.13. The van der Waals surface area contributed by atoms with Crippen molar-refractivity contribution in [1.82, 2.24) is 30.4 Å². The lowest BCUT2D eigenvalue weighted by Crippen LogP contribution is -2.84. The molecule has 26 heavy (non-hydrogen) atoms. The fourth-order valence-corrected chi connectivity index (χ4v) is 6.05. The van der Waals surface area contributed by atoms with Crippen LogP contribution in [0.2, 0.25) is 0 Å². The van der Waals surface area contributed by atoms with Gasteiger partial charge < -0.3 is 20.1 Å². The minimum absolute atomic E-state index is 0.311. The third-order valence-electron chi connectivity index (χ3n) is 4.23. The maximum Gasteiger partial charge on any atom is 0.326 e. The number of halogens is 1. The van der Waals surface area contributed by atoms with Crippen molar-refractivity contribution < 1.29 is 24.2 Å². The monoisotopic (exact) mass is 466 g/mol. The van der Waals surface area contributed by atoms with Crippen LogP contribution in [-0.4, -0.2) is 82.7 Å². The first kappa shape index (κ1) is 19.4. The van der Waals surface area contributed by atoms with Gasteiger partial charge in [0.1, 0.15) is 11.4 Å². The zero-order valence-electron chi connectivity index (χ0n) is 13.7. The number of nitrogens with zero attached hydrogens (tertiary/aromatic N) is 5. The molecule has 11 nitrogen and oxygen atoms in total. The average molecular weight is 467 g/mol. The van der Waals surface area contributed by atoms with Crippen LogP contribution in [0.4, 0.5) is 4.79 Å². The molecule has 2 saturated heterocycles. The fraction of sp³-hybridized carbons (Fsp3) is 0.667. The van der Waals surface area contributed by atoms with Gasteiger partial charge in [-0.3, -0.25) is 9.59 Å². The van der Waals surface area contributed by atoms with Crippen molar-refractivity contribution in [3.8, 4) is 0 Å². The number of methoxy groups -OCH3 is 1. The van der Waals surface area contributed by atoms with Gasteiger partial charge in [-0.1, -0.05) is 11.8 Å². The van der Waals surface area contributed by atoms with Crippen molar-refractivity contribution in [3.05, 3.63) is 0 Å². The van der Waals surface area contributed by atoms with Gasteiger partial charge in [-0.2, -0.15) is 0 Å². The second-order valence-corrected chi connectivity index (χ2v) is 8.50. The van der Waals surface area contributed by atoms with Crippen LogP contribution in [0.1, 0.15) is 0 Å². The summed E-state index contributed by atoms with van der Waals surface area (Å²) in [6.45, 7) is 0. The van der Waals surface area contributed by atoms with Gasteiger partial charge in [-0.05, 0) is 10.4 Å². The number of β-lactam (4-membered cyclic amide) rings is 1. The first-order valence-corrected chi connectivity index (χ1v) is 10.2. The van der Waals surface area contributed by atoms with Crippen LogP contribution in [0.5, 0.6) is 0 Å². The third kappa shape index (κ3) is 3.08. The molecule has 2 amide bonds. The molecule has 0 bridgehead atoms. The maximum atomic E-state index is 12.7. The van der Waals surface area contributed by atoms with Gasteiger partial charge >= 0.3 is 5.97 Å². The van der Waals surface area contributed by atoms with E-state index in [1.807, 2.05) is 0 Å². The number of rotatable bonds is 6. The normalized spacial score (nSPS) is 30.5. The predicted octanol–water partition coefficient (Wildman–Crippen LogP) is -0.266. The number of aromatic nitrogens is 4. The number of carboxylic acid groups (broad SMARTS) is 1. The van der Waals surface area contributed by atoms with Crippen LogP contribution in [0.3, 0.4) is 0 Å². The first-order valence-electron chi connectivity index (χ1n) is 7.37. The number of nitrogens with one attached hydrogen (secondary N) is 1. The quantitative estimate of drug-likeness (QED) is 0.189. The lowest BCUT2D eigenvalue weighted by Gasteiger charge is -2.59. The van der Waals surface area contributed by atoms with Crippen molar-refractivity contribution in [3.63, 3.8) is 0 Å². The molecule has 3 rings (SSSR count). The number of amides is 2. The van der Waals surface area contributed by atoms with Crippen molar-refractivity contribution in [2.24, 2.45) is 13.0 Å². The second kappa shape index (κ2) is 7.32. The van der Waals surface area contributed by atoms with E-state index in [-0.39, 0.29) is 5.92 Å². The maximum absolute atomic E-state index is 12.7. The number of carbonyl (C=O) groups is 3. The summed E-state index contributed by atoms with van der Waals surface area (Å²) in [5.41, 5.74) is -1.55. The highest BCUT2D eigenvalue weighted by Crippen LogP contribution is 2.47. The van der Waals surface area contributed by atoms with Gasteiger partial charge in [0.2, 0.25) is 5.16 Å². The van der Waals surface area contributed by atoms with E-state index in [4.69, 9.17) is 4.74 Å². The molecule has 14 heteroatoms. The molecule has 1 aromatic heterocycles. The Morgan fingerprint density at radius 1 is 1.58 bits per heavy atom. The number of tetrazole rings is 1. The van der Waals surface area contributed by atoms with Gasteiger partial charge in [0.05, 0.1) is 0 Å². The second-order valence-electron chi connectivity index (χ2n) is 5.68. The molecule has 2 aliphatic heterocycles. The Balaban J connectivity index is 1.77. The Hall–Kier alpha value is -1.38.